The minimum atomic E-state index is -1.08. The van der Waals surface area contributed by atoms with Crippen molar-refractivity contribution in [1.82, 2.24) is 0 Å². The number of nitrogens with one attached hydrogen (secondary N) is 1. The van der Waals surface area contributed by atoms with Crippen LogP contribution in [0.2, 0.25) is 0 Å². The Morgan fingerprint density at radius 3 is 2.55 bits per heavy atom. The molecular formula is C34H35N2O4+. The summed E-state index contributed by atoms with van der Waals surface area (Å²) >= 11 is 0. The van der Waals surface area contributed by atoms with Crippen molar-refractivity contribution in [1.29, 1.82) is 0 Å². The number of carbonyl (C=O) groups is 2. The molecule has 3 heterocycles. The average molecular weight is 536 g/mol. The van der Waals surface area contributed by atoms with Crippen LogP contribution in [0.5, 0.6) is 5.75 Å². The maximum absolute atomic E-state index is 14.9. The summed E-state index contributed by atoms with van der Waals surface area (Å²) in [5.41, 5.74) is 4.66. The molecule has 4 unspecified atom stereocenters. The summed E-state index contributed by atoms with van der Waals surface area (Å²) in [6.07, 6.45) is 1.64. The second-order valence-electron chi connectivity index (χ2n) is 11.1. The fourth-order valence-corrected chi connectivity index (χ4v) is 6.87. The molecule has 1 aromatic heterocycles. The molecule has 40 heavy (non-hydrogen) atoms. The maximum Gasteiger partial charge on any atom is 0.294 e. The van der Waals surface area contributed by atoms with Gasteiger partial charge in [-0.25, -0.2) is 0 Å². The lowest BCUT2D eigenvalue weighted by Crippen LogP contribution is -3.16. The van der Waals surface area contributed by atoms with E-state index in [-0.39, 0.29) is 17.6 Å². The Labute approximate surface area is 235 Å². The van der Waals surface area contributed by atoms with Crippen molar-refractivity contribution in [2.45, 2.75) is 38.8 Å². The van der Waals surface area contributed by atoms with Crippen molar-refractivity contribution in [3.8, 4) is 5.75 Å². The number of anilines is 1. The number of ether oxygens (including phenoxy) is 1. The molecule has 3 aromatic carbocycles. The lowest BCUT2D eigenvalue weighted by Gasteiger charge is -2.32. The fourth-order valence-electron chi connectivity index (χ4n) is 6.87. The van der Waals surface area contributed by atoms with Gasteiger partial charge in [-0.3, -0.25) is 9.59 Å². The molecule has 1 amide bonds. The third-order valence-corrected chi connectivity index (χ3v) is 8.74. The highest BCUT2D eigenvalue weighted by Crippen LogP contribution is 2.51. The van der Waals surface area contributed by atoms with Gasteiger partial charge < -0.3 is 19.0 Å². The van der Waals surface area contributed by atoms with Crippen LogP contribution in [0, 0.1) is 19.8 Å². The Hall–Kier alpha value is -4.16. The van der Waals surface area contributed by atoms with Crippen LogP contribution in [0.4, 0.5) is 5.69 Å². The number of likely N-dealkylation sites (tertiary alicyclic amines) is 1. The number of carbonyl (C=O) groups excluding carboxylic acids is 2. The summed E-state index contributed by atoms with van der Waals surface area (Å²) in [5, 5.41) is 0. The number of benzene rings is 3. The monoisotopic (exact) mass is 535 g/mol. The number of hydrogen-bond acceptors (Lipinski definition) is 4. The number of rotatable bonds is 7. The molecule has 1 spiro atoms. The predicted octanol–water partition coefficient (Wildman–Crippen LogP) is 4.85. The predicted molar refractivity (Wildman–Crippen MR) is 154 cm³/mol. The maximum atomic E-state index is 14.9. The van der Waals surface area contributed by atoms with E-state index < -0.39 is 11.5 Å². The minimum absolute atomic E-state index is 0.0366. The van der Waals surface area contributed by atoms with Crippen LogP contribution in [0.15, 0.2) is 89.5 Å². The number of nitrogens with zero attached hydrogens (tertiary/aromatic N) is 1. The van der Waals surface area contributed by atoms with E-state index in [4.69, 9.17) is 9.15 Å². The van der Waals surface area contributed by atoms with Gasteiger partial charge in [-0.05, 0) is 74.4 Å². The van der Waals surface area contributed by atoms with Crippen molar-refractivity contribution in [2.24, 2.45) is 5.92 Å². The molecule has 0 aliphatic carbocycles. The minimum Gasteiger partial charge on any atom is -0.494 e. The number of Topliss-reactive ketones (excluding diaryl/α,β-unsaturated/α-hetero) is 1. The van der Waals surface area contributed by atoms with Crippen LogP contribution in [0.1, 0.15) is 51.2 Å². The highest BCUT2D eigenvalue weighted by Gasteiger charge is 2.70. The van der Waals surface area contributed by atoms with Crippen molar-refractivity contribution in [2.75, 3.05) is 25.1 Å². The Balaban J connectivity index is 1.50. The van der Waals surface area contributed by atoms with Gasteiger partial charge >= 0.3 is 0 Å². The Kier molecular flexibility index (Phi) is 6.59. The number of quaternary nitrogens is 1. The highest BCUT2D eigenvalue weighted by atomic mass is 16.5. The fraction of sp³-hybridized carbons (Fsp3) is 0.294. The molecular weight excluding hydrogens is 500 g/mol. The molecule has 4 atom stereocenters. The Morgan fingerprint density at radius 2 is 1.82 bits per heavy atom. The molecule has 0 saturated carbocycles. The van der Waals surface area contributed by atoms with Gasteiger partial charge in [0.2, 0.25) is 5.54 Å². The van der Waals surface area contributed by atoms with Gasteiger partial charge in [0.05, 0.1) is 44.6 Å². The highest BCUT2D eigenvalue weighted by molar-refractivity contribution is 6.12. The number of aryl methyl sites for hydroxylation is 2. The standard InChI is InChI=1S/C34H34N2O4/c1-5-39-26-16-14-24(15-17-26)32(37)31-27(30-11-8-18-40-30)21-35(4)34(31)28-9-6-7-10-29(28)36(33(34)38)20-25-19-22(2)12-13-23(25)3/h6-19,27,31H,5,20-21H2,1-4H3/p+1. The van der Waals surface area contributed by atoms with Crippen molar-refractivity contribution < 1.29 is 23.6 Å². The van der Waals surface area contributed by atoms with E-state index in [1.807, 2.05) is 79.5 Å². The quantitative estimate of drug-likeness (QED) is 0.344. The first kappa shape index (κ1) is 26.1. The van der Waals surface area contributed by atoms with Crippen molar-refractivity contribution in [3.63, 3.8) is 0 Å². The lowest BCUT2D eigenvalue weighted by molar-refractivity contribution is -0.918. The summed E-state index contributed by atoms with van der Waals surface area (Å²) < 4.78 is 11.5. The molecule has 0 bridgehead atoms. The summed E-state index contributed by atoms with van der Waals surface area (Å²) in [4.78, 5) is 32.4. The van der Waals surface area contributed by atoms with Crippen LogP contribution >= 0.6 is 0 Å². The van der Waals surface area contributed by atoms with E-state index in [0.717, 1.165) is 38.6 Å². The first-order valence-electron chi connectivity index (χ1n) is 14.0. The van der Waals surface area contributed by atoms with Crippen LogP contribution in [-0.2, 0) is 16.9 Å². The SMILES string of the molecule is CCOc1ccc(C(=O)C2C(c3ccco3)C[NH+](C)C23C(=O)N(Cc2cc(C)ccc2C)c2ccccc23)cc1. The number of amides is 1. The first-order chi connectivity index (χ1) is 19.4. The van der Waals surface area contributed by atoms with Gasteiger partial charge in [-0.1, -0.05) is 42.0 Å². The van der Waals surface area contributed by atoms with E-state index in [0.29, 0.717) is 31.0 Å². The molecule has 4 aromatic rings. The molecule has 0 radical (unpaired) electrons. The molecule has 1 N–H and O–H groups in total. The van der Waals surface area contributed by atoms with Gasteiger partial charge in [0.15, 0.2) is 5.78 Å². The second-order valence-corrected chi connectivity index (χ2v) is 11.1. The topological polar surface area (TPSA) is 64.2 Å². The van der Waals surface area contributed by atoms with Gasteiger partial charge in [0.25, 0.3) is 5.91 Å². The van der Waals surface area contributed by atoms with Crippen LogP contribution in [0.3, 0.4) is 0 Å². The van der Waals surface area contributed by atoms with E-state index in [2.05, 4.69) is 32.0 Å². The Morgan fingerprint density at radius 1 is 1.05 bits per heavy atom. The first-order valence-corrected chi connectivity index (χ1v) is 14.0. The number of likely N-dealkylation sites (N-methyl/N-ethyl adjacent to an activating group) is 1. The zero-order valence-corrected chi connectivity index (χ0v) is 23.4. The van der Waals surface area contributed by atoms with Gasteiger partial charge in [0.1, 0.15) is 17.4 Å². The lowest BCUT2D eigenvalue weighted by atomic mass is 9.71. The number of furan rings is 1. The van der Waals surface area contributed by atoms with Gasteiger partial charge in [-0.15, -0.1) is 0 Å². The van der Waals surface area contributed by atoms with E-state index in [1.54, 1.807) is 6.26 Å². The van der Waals surface area contributed by atoms with E-state index in [1.165, 1.54) is 0 Å². The van der Waals surface area contributed by atoms with Gasteiger partial charge in [0, 0.05) is 11.1 Å². The third-order valence-electron chi connectivity index (χ3n) is 8.74. The summed E-state index contributed by atoms with van der Waals surface area (Å²) in [5.74, 6) is 0.454. The molecule has 2 aliphatic heterocycles. The molecule has 2 aliphatic rings. The van der Waals surface area contributed by atoms with Crippen LogP contribution < -0.4 is 14.5 Å². The molecule has 6 rings (SSSR count). The second kappa shape index (κ2) is 10.1. The van der Waals surface area contributed by atoms with Crippen molar-refractivity contribution >= 4 is 17.4 Å². The zero-order valence-electron chi connectivity index (χ0n) is 23.4. The average Bonchev–Trinajstić information content (AvgIpc) is 3.65. The smallest absolute Gasteiger partial charge is 0.294 e. The number of hydrogen-bond donors (Lipinski definition) is 1. The number of fused-ring (bicyclic) bond motifs is 2. The summed E-state index contributed by atoms with van der Waals surface area (Å²) in [6, 6.07) is 25.4. The van der Waals surface area contributed by atoms with E-state index >= 15 is 0 Å². The molecule has 1 fully saturated rings. The molecule has 204 valence electrons. The van der Waals surface area contributed by atoms with E-state index in [9.17, 15) is 9.59 Å². The number of para-hydroxylation sites is 1. The number of ketones is 1. The molecule has 6 nitrogen and oxygen atoms in total. The summed E-state index contributed by atoms with van der Waals surface area (Å²) in [6.45, 7) is 7.68. The van der Waals surface area contributed by atoms with Crippen LogP contribution in [-0.4, -0.2) is 31.9 Å². The largest absolute Gasteiger partial charge is 0.494 e. The molecule has 6 heteroatoms. The van der Waals surface area contributed by atoms with Crippen LogP contribution in [0.25, 0.3) is 0 Å². The third kappa shape index (κ3) is 3.97. The molecule has 1 saturated heterocycles. The summed E-state index contributed by atoms with van der Waals surface area (Å²) in [7, 11) is 2.04. The Bertz CT molecular complexity index is 1560. The zero-order chi connectivity index (χ0) is 28.0. The van der Waals surface area contributed by atoms with Crippen molar-refractivity contribution in [3.05, 3.63) is 119 Å². The normalized spacial score (nSPS) is 23.6. The van der Waals surface area contributed by atoms with Gasteiger partial charge in [-0.2, -0.15) is 0 Å².